The lowest BCUT2D eigenvalue weighted by Crippen LogP contribution is -2.35. The van der Waals surface area contributed by atoms with E-state index in [1.54, 1.807) is 36.5 Å². The van der Waals surface area contributed by atoms with Crippen LogP contribution in [0.5, 0.6) is 0 Å². The highest BCUT2D eigenvalue weighted by atomic mass is 16.6. The minimum Gasteiger partial charge on any atom is -0.444 e. The van der Waals surface area contributed by atoms with Gasteiger partial charge in [0.25, 0.3) is 0 Å². The van der Waals surface area contributed by atoms with Crippen molar-refractivity contribution in [3.8, 4) is 0 Å². The molecule has 25 heavy (non-hydrogen) atoms. The van der Waals surface area contributed by atoms with Gasteiger partial charge in [-0.2, -0.15) is 0 Å². The second-order valence-electron chi connectivity index (χ2n) is 5.81. The van der Waals surface area contributed by atoms with Crippen LogP contribution in [0.2, 0.25) is 0 Å². The van der Waals surface area contributed by atoms with Crippen molar-refractivity contribution in [2.45, 2.75) is 25.2 Å². The molecule has 1 amide bonds. The Hall–Kier alpha value is -3.10. The van der Waals surface area contributed by atoms with E-state index < -0.39 is 12.2 Å². The fourth-order valence-corrected chi connectivity index (χ4v) is 2.77. The highest BCUT2D eigenvalue weighted by Crippen LogP contribution is 2.31. The molecule has 3 rings (SSSR count). The van der Waals surface area contributed by atoms with Gasteiger partial charge in [-0.3, -0.25) is 4.90 Å². The molecule has 1 aliphatic rings. The molecule has 0 fully saturated rings. The predicted octanol–water partition coefficient (Wildman–Crippen LogP) is 4.20. The summed E-state index contributed by atoms with van der Waals surface area (Å²) in [6.45, 7) is 7.21. The Balaban J connectivity index is 1.75. The van der Waals surface area contributed by atoms with Crippen molar-refractivity contribution in [3.63, 3.8) is 0 Å². The summed E-state index contributed by atoms with van der Waals surface area (Å²) < 4.78 is 5.41. The Kier molecular flexibility index (Phi) is 5.12. The van der Waals surface area contributed by atoms with E-state index in [0.717, 1.165) is 11.1 Å². The van der Waals surface area contributed by atoms with Crippen molar-refractivity contribution in [2.24, 2.45) is 0 Å². The van der Waals surface area contributed by atoms with E-state index in [1.807, 2.05) is 30.3 Å². The highest BCUT2D eigenvalue weighted by Gasteiger charge is 2.29. The summed E-state index contributed by atoms with van der Waals surface area (Å²) in [5.41, 5.74) is 2.30. The SMILES string of the molecule is [C-]#[N+]c1ccc(C2CC(O)C=CN2C(=O)OCc2ccccc2)cc1. The summed E-state index contributed by atoms with van der Waals surface area (Å²) >= 11 is 0. The molecule has 0 radical (unpaired) electrons. The number of nitrogens with zero attached hydrogens (tertiary/aromatic N) is 2. The maximum Gasteiger partial charge on any atom is 0.414 e. The molecule has 2 unspecified atom stereocenters. The minimum absolute atomic E-state index is 0.190. The number of rotatable bonds is 3. The first kappa shape index (κ1) is 16.7. The van der Waals surface area contributed by atoms with Crippen molar-refractivity contribution in [1.82, 2.24) is 4.90 Å². The van der Waals surface area contributed by atoms with Crippen LogP contribution in [0.3, 0.4) is 0 Å². The van der Waals surface area contributed by atoms with Crippen LogP contribution in [0.1, 0.15) is 23.6 Å². The summed E-state index contributed by atoms with van der Waals surface area (Å²) in [6.07, 6.45) is 2.44. The van der Waals surface area contributed by atoms with Crippen LogP contribution in [-0.4, -0.2) is 22.2 Å². The molecule has 1 aliphatic heterocycles. The van der Waals surface area contributed by atoms with Crippen LogP contribution in [-0.2, 0) is 11.3 Å². The molecule has 2 atom stereocenters. The van der Waals surface area contributed by atoms with Gasteiger partial charge in [0.1, 0.15) is 6.61 Å². The van der Waals surface area contributed by atoms with Gasteiger partial charge >= 0.3 is 6.09 Å². The molecule has 1 heterocycles. The summed E-state index contributed by atoms with van der Waals surface area (Å²) in [5, 5.41) is 9.94. The number of hydrogen-bond donors (Lipinski definition) is 1. The molecule has 0 spiro atoms. The van der Waals surface area contributed by atoms with Crippen molar-refractivity contribution < 1.29 is 14.6 Å². The number of aliphatic hydroxyl groups is 1. The van der Waals surface area contributed by atoms with Crippen LogP contribution in [0.4, 0.5) is 10.5 Å². The largest absolute Gasteiger partial charge is 0.444 e. The van der Waals surface area contributed by atoms with E-state index in [2.05, 4.69) is 4.85 Å². The number of carbonyl (C=O) groups is 1. The van der Waals surface area contributed by atoms with Crippen LogP contribution < -0.4 is 0 Å². The number of amides is 1. The van der Waals surface area contributed by atoms with Gasteiger partial charge in [-0.15, -0.1) is 0 Å². The number of aliphatic hydroxyl groups excluding tert-OH is 1. The van der Waals surface area contributed by atoms with E-state index in [1.165, 1.54) is 4.90 Å². The lowest BCUT2D eigenvalue weighted by Gasteiger charge is -2.33. The molecule has 5 heteroatoms. The zero-order valence-electron chi connectivity index (χ0n) is 13.6. The summed E-state index contributed by atoms with van der Waals surface area (Å²) in [5.74, 6) is 0. The zero-order chi connectivity index (χ0) is 17.6. The monoisotopic (exact) mass is 334 g/mol. The van der Waals surface area contributed by atoms with Gasteiger partial charge in [0, 0.05) is 12.6 Å². The molecule has 2 aromatic carbocycles. The Morgan fingerprint density at radius 1 is 1.20 bits per heavy atom. The van der Waals surface area contributed by atoms with Crippen LogP contribution >= 0.6 is 0 Å². The van der Waals surface area contributed by atoms with Crippen molar-refractivity contribution in [2.75, 3.05) is 0 Å². The Morgan fingerprint density at radius 2 is 1.92 bits per heavy atom. The van der Waals surface area contributed by atoms with Crippen LogP contribution in [0.15, 0.2) is 66.9 Å². The maximum atomic E-state index is 12.5. The van der Waals surface area contributed by atoms with E-state index in [0.29, 0.717) is 12.1 Å². The molecule has 1 N–H and O–H groups in total. The van der Waals surface area contributed by atoms with Gasteiger partial charge in [-0.05, 0) is 17.2 Å². The first-order valence-electron chi connectivity index (χ1n) is 8.00. The molecule has 5 nitrogen and oxygen atoms in total. The molecular formula is C20H18N2O3. The maximum absolute atomic E-state index is 12.5. The third-order valence-electron chi connectivity index (χ3n) is 4.09. The van der Waals surface area contributed by atoms with Gasteiger partial charge in [-0.1, -0.05) is 54.6 Å². The van der Waals surface area contributed by atoms with E-state index in [4.69, 9.17) is 11.3 Å². The summed E-state index contributed by atoms with van der Waals surface area (Å²) in [4.78, 5) is 17.4. The summed E-state index contributed by atoms with van der Waals surface area (Å²) in [6, 6.07) is 16.2. The molecular weight excluding hydrogens is 316 g/mol. The van der Waals surface area contributed by atoms with Crippen molar-refractivity contribution >= 4 is 11.8 Å². The second kappa shape index (κ2) is 7.65. The van der Waals surface area contributed by atoms with Gasteiger partial charge in [-0.25, -0.2) is 9.64 Å². The fraction of sp³-hybridized carbons (Fsp3) is 0.200. The first-order valence-corrected chi connectivity index (χ1v) is 8.00. The van der Waals surface area contributed by atoms with E-state index >= 15 is 0 Å². The lowest BCUT2D eigenvalue weighted by molar-refractivity contribution is 0.0801. The standard InChI is InChI=1S/C20H18N2O3/c1-21-17-9-7-16(8-10-17)19-13-18(23)11-12-22(19)20(24)25-14-15-5-3-2-4-6-15/h2-12,18-19,23H,13-14H2. The topological polar surface area (TPSA) is 54.1 Å². The number of ether oxygens (including phenoxy) is 1. The lowest BCUT2D eigenvalue weighted by atomic mass is 9.96. The average molecular weight is 334 g/mol. The molecule has 0 saturated carbocycles. The van der Waals surface area contributed by atoms with E-state index in [-0.39, 0.29) is 12.6 Å². The van der Waals surface area contributed by atoms with E-state index in [9.17, 15) is 9.90 Å². The molecule has 0 aliphatic carbocycles. The summed E-state index contributed by atoms with van der Waals surface area (Å²) in [7, 11) is 0. The number of hydrogen-bond acceptors (Lipinski definition) is 3. The Labute approximate surface area is 146 Å². The van der Waals surface area contributed by atoms with Gasteiger partial charge in [0.2, 0.25) is 0 Å². The zero-order valence-corrected chi connectivity index (χ0v) is 13.6. The normalized spacial score (nSPS) is 19.3. The third-order valence-corrected chi connectivity index (χ3v) is 4.09. The number of benzene rings is 2. The quantitative estimate of drug-likeness (QED) is 0.856. The predicted molar refractivity (Wildman–Crippen MR) is 93.7 cm³/mol. The van der Waals surface area contributed by atoms with Gasteiger partial charge in [0.15, 0.2) is 5.69 Å². The third kappa shape index (κ3) is 4.06. The number of carbonyl (C=O) groups excluding carboxylic acids is 1. The van der Waals surface area contributed by atoms with Crippen molar-refractivity contribution in [3.05, 3.63) is 89.4 Å². The first-order chi connectivity index (χ1) is 12.2. The fourth-order valence-electron chi connectivity index (χ4n) is 2.77. The van der Waals surface area contributed by atoms with Crippen molar-refractivity contribution in [1.29, 1.82) is 0 Å². The van der Waals surface area contributed by atoms with Crippen LogP contribution in [0, 0.1) is 6.57 Å². The molecule has 2 aromatic rings. The Bertz CT molecular complexity index is 794. The molecule has 0 aromatic heterocycles. The molecule has 126 valence electrons. The van der Waals surface area contributed by atoms with Crippen LogP contribution in [0.25, 0.3) is 4.85 Å². The highest BCUT2D eigenvalue weighted by molar-refractivity contribution is 5.70. The van der Waals surface area contributed by atoms with Gasteiger partial charge < -0.3 is 9.84 Å². The smallest absolute Gasteiger partial charge is 0.414 e. The Morgan fingerprint density at radius 3 is 2.60 bits per heavy atom. The minimum atomic E-state index is -0.622. The second-order valence-corrected chi connectivity index (χ2v) is 5.81. The molecule has 0 saturated heterocycles. The molecule has 0 bridgehead atoms. The van der Waals surface area contributed by atoms with Gasteiger partial charge in [0.05, 0.1) is 18.7 Å². The average Bonchev–Trinajstić information content (AvgIpc) is 2.67.